The molecular weight excluding hydrogens is 220 g/mol. The highest BCUT2D eigenvalue weighted by Gasteiger charge is 2.06. The first-order chi connectivity index (χ1) is 8.70. The molecule has 0 heterocycles. The fourth-order valence-corrected chi connectivity index (χ4v) is 2.21. The summed E-state index contributed by atoms with van der Waals surface area (Å²) in [7, 11) is 0. The Morgan fingerprint density at radius 2 is 1.61 bits per heavy atom. The zero-order chi connectivity index (χ0) is 13.0. The van der Waals surface area contributed by atoms with Crippen molar-refractivity contribution in [2.24, 2.45) is 5.92 Å². The third-order valence-electron chi connectivity index (χ3n) is 3.09. The van der Waals surface area contributed by atoms with E-state index in [9.17, 15) is 0 Å². The van der Waals surface area contributed by atoms with Crippen molar-refractivity contribution in [3.05, 3.63) is 59.7 Å². The van der Waals surface area contributed by atoms with Crippen molar-refractivity contribution >= 4 is 0 Å². The summed E-state index contributed by atoms with van der Waals surface area (Å²) in [5.74, 6) is 0.655. The molecule has 1 N–H and O–H groups in total. The van der Waals surface area contributed by atoms with Gasteiger partial charge in [0.2, 0.25) is 0 Å². The number of aliphatic hydroxyl groups is 1. The molecule has 0 aliphatic rings. The van der Waals surface area contributed by atoms with Gasteiger partial charge in [0.1, 0.15) is 0 Å². The maximum atomic E-state index is 9.07. The maximum Gasteiger partial charge on any atom is 0.0681 e. The quantitative estimate of drug-likeness (QED) is 0.855. The maximum absolute atomic E-state index is 9.07. The van der Waals surface area contributed by atoms with E-state index in [-0.39, 0.29) is 6.61 Å². The normalized spacial score (nSPS) is 10.9. The molecule has 0 radical (unpaired) electrons. The Morgan fingerprint density at radius 1 is 0.944 bits per heavy atom. The number of rotatable bonds is 4. The van der Waals surface area contributed by atoms with Crippen molar-refractivity contribution < 1.29 is 5.11 Å². The standard InChI is InChI=1S/C17H20O/c1-13(2)11-16-5-3-4-6-17(16)15-9-7-14(12-18)8-10-15/h3-10,13,18H,11-12H2,1-2H3. The lowest BCUT2D eigenvalue weighted by Crippen LogP contribution is -1.96. The zero-order valence-corrected chi connectivity index (χ0v) is 11.1. The predicted molar refractivity (Wildman–Crippen MR) is 76.3 cm³/mol. The van der Waals surface area contributed by atoms with E-state index in [1.54, 1.807) is 0 Å². The highest BCUT2D eigenvalue weighted by Crippen LogP contribution is 2.26. The first-order valence-corrected chi connectivity index (χ1v) is 6.49. The van der Waals surface area contributed by atoms with E-state index in [1.165, 1.54) is 16.7 Å². The van der Waals surface area contributed by atoms with Crippen molar-refractivity contribution in [2.45, 2.75) is 26.9 Å². The predicted octanol–water partition coefficient (Wildman–Crippen LogP) is 4.04. The van der Waals surface area contributed by atoms with Gasteiger partial charge in [0.05, 0.1) is 6.61 Å². The van der Waals surface area contributed by atoms with Crippen molar-refractivity contribution in [3.63, 3.8) is 0 Å². The lowest BCUT2D eigenvalue weighted by molar-refractivity contribution is 0.282. The minimum atomic E-state index is 0.105. The van der Waals surface area contributed by atoms with Crippen molar-refractivity contribution in [3.8, 4) is 11.1 Å². The monoisotopic (exact) mass is 240 g/mol. The Kier molecular flexibility index (Phi) is 4.16. The van der Waals surface area contributed by atoms with Gasteiger partial charge >= 0.3 is 0 Å². The minimum Gasteiger partial charge on any atom is -0.392 e. The third kappa shape index (κ3) is 2.99. The molecule has 0 unspecified atom stereocenters. The number of hydrogen-bond acceptors (Lipinski definition) is 1. The van der Waals surface area contributed by atoms with Crippen LogP contribution in [0.4, 0.5) is 0 Å². The molecule has 0 aromatic heterocycles. The van der Waals surface area contributed by atoms with Gasteiger partial charge in [0, 0.05) is 0 Å². The molecule has 2 rings (SSSR count). The molecule has 0 spiro atoms. The molecule has 0 fully saturated rings. The van der Waals surface area contributed by atoms with Crippen LogP contribution >= 0.6 is 0 Å². The molecule has 0 bridgehead atoms. The van der Waals surface area contributed by atoms with Crippen LogP contribution in [-0.4, -0.2) is 5.11 Å². The Labute approximate surface area is 109 Å². The number of aliphatic hydroxyl groups excluding tert-OH is 1. The SMILES string of the molecule is CC(C)Cc1ccccc1-c1ccc(CO)cc1. The molecule has 1 nitrogen and oxygen atoms in total. The summed E-state index contributed by atoms with van der Waals surface area (Å²) >= 11 is 0. The van der Waals surface area contributed by atoms with Crippen molar-refractivity contribution in [1.82, 2.24) is 0 Å². The van der Waals surface area contributed by atoms with Gasteiger partial charge < -0.3 is 5.11 Å². The Balaban J connectivity index is 2.36. The fourth-order valence-electron chi connectivity index (χ4n) is 2.21. The van der Waals surface area contributed by atoms with Gasteiger partial charge in [0.25, 0.3) is 0 Å². The molecule has 0 saturated carbocycles. The zero-order valence-electron chi connectivity index (χ0n) is 11.1. The molecule has 0 aliphatic heterocycles. The van der Waals surface area contributed by atoms with Crippen LogP contribution in [0.15, 0.2) is 48.5 Å². The first kappa shape index (κ1) is 12.8. The van der Waals surface area contributed by atoms with Crippen LogP contribution < -0.4 is 0 Å². The summed E-state index contributed by atoms with van der Waals surface area (Å²) in [6, 6.07) is 16.7. The lowest BCUT2D eigenvalue weighted by atomic mass is 9.93. The van der Waals surface area contributed by atoms with E-state index in [1.807, 2.05) is 12.1 Å². The van der Waals surface area contributed by atoms with Crippen molar-refractivity contribution in [2.75, 3.05) is 0 Å². The molecule has 0 aliphatic carbocycles. The van der Waals surface area contributed by atoms with Gasteiger partial charge in [0.15, 0.2) is 0 Å². The fraction of sp³-hybridized carbons (Fsp3) is 0.294. The Morgan fingerprint density at radius 3 is 2.22 bits per heavy atom. The topological polar surface area (TPSA) is 20.2 Å². The third-order valence-corrected chi connectivity index (χ3v) is 3.09. The molecule has 2 aromatic carbocycles. The second-order valence-corrected chi connectivity index (χ2v) is 5.11. The summed E-state index contributed by atoms with van der Waals surface area (Å²) in [6.45, 7) is 4.59. The smallest absolute Gasteiger partial charge is 0.0681 e. The molecule has 0 atom stereocenters. The molecule has 2 aromatic rings. The van der Waals surface area contributed by atoms with E-state index in [0.717, 1.165) is 12.0 Å². The molecule has 0 saturated heterocycles. The summed E-state index contributed by atoms with van der Waals surface area (Å²) in [4.78, 5) is 0. The highest BCUT2D eigenvalue weighted by atomic mass is 16.3. The number of benzene rings is 2. The van der Waals surface area contributed by atoms with Crippen LogP contribution in [0.2, 0.25) is 0 Å². The summed E-state index contributed by atoms with van der Waals surface area (Å²) in [5.41, 5.74) is 4.88. The van der Waals surface area contributed by atoms with Crippen LogP contribution in [0.1, 0.15) is 25.0 Å². The molecule has 1 heteroatoms. The van der Waals surface area contributed by atoms with E-state index in [2.05, 4.69) is 50.2 Å². The van der Waals surface area contributed by atoms with Gasteiger partial charge in [-0.1, -0.05) is 62.4 Å². The van der Waals surface area contributed by atoms with Gasteiger partial charge in [-0.3, -0.25) is 0 Å². The average molecular weight is 240 g/mol. The summed E-state index contributed by atoms with van der Waals surface area (Å²) in [6.07, 6.45) is 1.10. The first-order valence-electron chi connectivity index (χ1n) is 6.49. The van der Waals surface area contributed by atoms with Gasteiger partial charge in [-0.2, -0.15) is 0 Å². The van der Waals surface area contributed by atoms with E-state index in [0.29, 0.717) is 5.92 Å². The Hall–Kier alpha value is -1.60. The average Bonchev–Trinajstić information content (AvgIpc) is 2.39. The Bertz CT molecular complexity index is 497. The summed E-state index contributed by atoms with van der Waals surface area (Å²) < 4.78 is 0. The van der Waals surface area contributed by atoms with E-state index in [4.69, 9.17) is 5.11 Å². The van der Waals surface area contributed by atoms with Gasteiger partial charge in [-0.25, -0.2) is 0 Å². The van der Waals surface area contributed by atoms with Crippen LogP contribution in [0.25, 0.3) is 11.1 Å². The lowest BCUT2D eigenvalue weighted by Gasteiger charge is -2.12. The van der Waals surface area contributed by atoms with Crippen LogP contribution in [-0.2, 0) is 13.0 Å². The van der Waals surface area contributed by atoms with Crippen LogP contribution in [0.3, 0.4) is 0 Å². The van der Waals surface area contributed by atoms with Crippen molar-refractivity contribution in [1.29, 1.82) is 0 Å². The molecular formula is C17H20O. The van der Waals surface area contributed by atoms with E-state index >= 15 is 0 Å². The van der Waals surface area contributed by atoms with E-state index < -0.39 is 0 Å². The van der Waals surface area contributed by atoms with Gasteiger partial charge in [-0.15, -0.1) is 0 Å². The minimum absolute atomic E-state index is 0.105. The van der Waals surface area contributed by atoms with Crippen LogP contribution in [0.5, 0.6) is 0 Å². The number of hydrogen-bond donors (Lipinski definition) is 1. The molecule has 94 valence electrons. The molecule has 0 amide bonds. The van der Waals surface area contributed by atoms with Gasteiger partial charge in [-0.05, 0) is 34.6 Å². The summed E-state index contributed by atoms with van der Waals surface area (Å²) in [5, 5.41) is 9.07. The largest absolute Gasteiger partial charge is 0.392 e. The highest BCUT2D eigenvalue weighted by molar-refractivity contribution is 5.67. The molecule has 18 heavy (non-hydrogen) atoms. The second kappa shape index (κ2) is 5.83. The van der Waals surface area contributed by atoms with Crippen LogP contribution in [0, 0.1) is 5.92 Å². The second-order valence-electron chi connectivity index (χ2n) is 5.11.